The van der Waals surface area contributed by atoms with Crippen molar-refractivity contribution < 1.29 is 14.6 Å². The van der Waals surface area contributed by atoms with Crippen LogP contribution in [-0.2, 0) is 11.2 Å². The van der Waals surface area contributed by atoms with E-state index >= 15 is 0 Å². The van der Waals surface area contributed by atoms with E-state index in [1.807, 2.05) is 12.1 Å². The lowest BCUT2D eigenvalue weighted by Crippen LogP contribution is -2.37. The molecule has 0 unspecified atom stereocenters. The van der Waals surface area contributed by atoms with Crippen molar-refractivity contribution in [2.75, 3.05) is 5.33 Å². The van der Waals surface area contributed by atoms with Gasteiger partial charge in [-0.2, -0.15) is 0 Å². The summed E-state index contributed by atoms with van der Waals surface area (Å²) < 4.78 is 5.39. The molecule has 1 aromatic rings. The third kappa shape index (κ3) is 3.52. The van der Waals surface area contributed by atoms with E-state index in [4.69, 9.17) is 9.84 Å². The van der Waals surface area contributed by atoms with Crippen LogP contribution in [0.3, 0.4) is 0 Å². The summed E-state index contributed by atoms with van der Waals surface area (Å²) in [5.74, 6) is -0.400. The van der Waals surface area contributed by atoms with Crippen LogP contribution in [0.5, 0.6) is 5.75 Å². The fourth-order valence-electron chi connectivity index (χ4n) is 1.17. The van der Waals surface area contributed by atoms with Gasteiger partial charge in [-0.1, -0.05) is 28.1 Å². The lowest BCUT2D eigenvalue weighted by Gasteiger charge is -2.21. The Morgan fingerprint density at radius 3 is 2.38 bits per heavy atom. The number of rotatable bonds is 5. The number of aliphatic carboxylic acids is 1. The minimum atomic E-state index is -1.20. The zero-order valence-electron chi connectivity index (χ0n) is 9.37. The van der Waals surface area contributed by atoms with Crippen molar-refractivity contribution in [1.29, 1.82) is 0 Å². The highest BCUT2D eigenvalue weighted by Crippen LogP contribution is 2.19. The molecule has 0 radical (unpaired) electrons. The molecule has 16 heavy (non-hydrogen) atoms. The highest BCUT2D eigenvalue weighted by atomic mass is 79.9. The van der Waals surface area contributed by atoms with Gasteiger partial charge in [0.1, 0.15) is 5.75 Å². The Morgan fingerprint density at radius 1 is 1.38 bits per heavy atom. The van der Waals surface area contributed by atoms with Gasteiger partial charge in [0.2, 0.25) is 0 Å². The highest BCUT2D eigenvalue weighted by Gasteiger charge is 2.29. The zero-order chi connectivity index (χ0) is 12.2. The molecular formula is C12H15BrO3. The molecule has 0 aliphatic rings. The van der Waals surface area contributed by atoms with Gasteiger partial charge in [0, 0.05) is 5.33 Å². The molecule has 1 aromatic carbocycles. The fraction of sp³-hybridized carbons (Fsp3) is 0.417. The number of hydrogen-bond donors (Lipinski definition) is 1. The van der Waals surface area contributed by atoms with Crippen molar-refractivity contribution >= 4 is 21.9 Å². The second kappa shape index (κ2) is 5.34. The first-order chi connectivity index (χ1) is 7.45. The number of halogens is 1. The molecular weight excluding hydrogens is 272 g/mol. The average molecular weight is 287 g/mol. The Bertz CT molecular complexity index is 357. The van der Waals surface area contributed by atoms with Crippen LogP contribution in [0.4, 0.5) is 0 Å². The smallest absolute Gasteiger partial charge is 0.347 e. The van der Waals surface area contributed by atoms with Gasteiger partial charge in [-0.05, 0) is 38.0 Å². The lowest BCUT2D eigenvalue weighted by molar-refractivity contribution is -0.152. The van der Waals surface area contributed by atoms with E-state index in [9.17, 15) is 4.79 Å². The molecule has 0 spiro atoms. The molecule has 4 heteroatoms. The van der Waals surface area contributed by atoms with Crippen LogP contribution in [0.15, 0.2) is 24.3 Å². The number of alkyl halides is 1. The summed E-state index contributed by atoms with van der Waals surface area (Å²) >= 11 is 3.36. The Labute approximate surface area is 104 Å². The van der Waals surface area contributed by atoms with Gasteiger partial charge < -0.3 is 9.84 Å². The van der Waals surface area contributed by atoms with Gasteiger partial charge in [-0.25, -0.2) is 4.79 Å². The molecule has 0 heterocycles. The molecule has 88 valence electrons. The third-order valence-electron chi connectivity index (χ3n) is 2.19. The number of carbonyl (C=O) groups is 1. The average Bonchev–Trinajstić information content (AvgIpc) is 2.21. The lowest BCUT2D eigenvalue weighted by atomic mass is 10.1. The highest BCUT2D eigenvalue weighted by molar-refractivity contribution is 9.09. The number of benzene rings is 1. The second-order valence-electron chi connectivity index (χ2n) is 4.00. The summed E-state index contributed by atoms with van der Waals surface area (Å²) in [4.78, 5) is 10.9. The second-order valence-corrected chi connectivity index (χ2v) is 4.79. The predicted octanol–water partition coefficient (Wildman–Crippen LogP) is 2.87. The normalized spacial score (nSPS) is 11.2. The largest absolute Gasteiger partial charge is 0.478 e. The zero-order valence-corrected chi connectivity index (χ0v) is 11.0. The van der Waals surface area contributed by atoms with E-state index < -0.39 is 11.6 Å². The van der Waals surface area contributed by atoms with Crippen LogP contribution < -0.4 is 4.74 Å². The van der Waals surface area contributed by atoms with Crippen LogP contribution in [0.2, 0.25) is 0 Å². The van der Waals surface area contributed by atoms with Crippen LogP contribution in [0.25, 0.3) is 0 Å². The van der Waals surface area contributed by atoms with E-state index in [-0.39, 0.29) is 0 Å². The molecule has 0 aromatic heterocycles. The van der Waals surface area contributed by atoms with E-state index in [1.165, 1.54) is 19.4 Å². The molecule has 1 rings (SSSR count). The van der Waals surface area contributed by atoms with E-state index in [0.29, 0.717) is 5.75 Å². The van der Waals surface area contributed by atoms with Gasteiger partial charge in [0.15, 0.2) is 5.60 Å². The molecule has 0 aliphatic carbocycles. The summed E-state index contributed by atoms with van der Waals surface area (Å²) in [6.45, 7) is 3.06. The molecule has 0 atom stereocenters. The topological polar surface area (TPSA) is 46.5 Å². The predicted molar refractivity (Wildman–Crippen MR) is 66.3 cm³/mol. The molecule has 0 saturated carbocycles. The monoisotopic (exact) mass is 286 g/mol. The van der Waals surface area contributed by atoms with E-state index in [2.05, 4.69) is 15.9 Å². The SMILES string of the molecule is CC(C)(Oc1ccc(CCBr)cc1)C(=O)O. The number of aryl methyl sites for hydroxylation is 1. The Balaban J connectivity index is 2.72. The number of carboxylic acids is 1. The van der Waals surface area contributed by atoms with E-state index in [0.717, 1.165) is 11.8 Å². The van der Waals surface area contributed by atoms with Crippen molar-refractivity contribution in [1.82, 2.24) is 0 Å². The van der Waals surface area contributed by atoms with Gasteiger partial charge in [-0.15, -0.1) is 0 Å². The molecule has 1 N–H and O–H groups in total. The molecule has 0 amide bonds. The van der Waals surface area contributed by atoms with Crippen molar-refractivity contribution in [2.24, 2.45) is 0 Å². The Morgan fingerprint density at radius 2 is 1.94 bits per heavy atom. The van der Waals surface area contributed by atoms with Gasteiger partial charge in [0.25, 0.3) is 0 Å². The maximum atomic E-state index is 10.9. The summed E-state index contributed by atoms with van der Waals surface area (Å²) in [5.41, 5.74) is -0.00548. The minimum absolute atomic E-state index is 0.575. The third-order valence-corrected chi connectivity index (χ3v) is 2.59. The van der Waals surface area contributed by atoms with Crippen molar-refractivity contribution in [3.63, 3.8) is 0 Å². The minimum Gasteiger partial charge on any atom is -0.478 e. The first kappa shape index (κ1) is 13.0. The summed E-state index contributed by atoms with van der Waals surface area (Å²) in [6.07, 6.45) is 0.947. The molecule has 0 aliphatic heterocycles. The van der Waals surface area contributed by atoms with Crippen LogP contribution in [-0.4, -0.2) is 22.0 Å². The van der Waals surface area contributed by atoms with E-state index in [1.54, 1.807) is 12.1 Å². The summed E-state index contributed by atoms with van der Waals surface area (Å²) in [5, 5.41) is 9.82. The van der Waals surface area contributed by atoms with Crippen LogP contribution in [0, 0.1) is 0 Å². The molecule has 0 bridgehead atoms. The van der Waals surface area contributed by atoms with Crippen molar-refractivity contribution in [2.45, 2.75) is 25.9 Å². The molecule has 3 nitrogen and oxygen atoms in total. The standard InChI is InChI=1S/C12H15BrO3/c1-12(2,11(14)15)16-10-5-3-9(4-6-10)7-8-13/h3-6H,7-8H2,1-2H3,(H,14,15). The Hall–Kier alpha value is -1.03. The first-order valence-corrected chi connectivity index (χ1v) is 6.15. The van der Waals surface area contributed by atoms with Gasteiger partial charge >= 0.3 is 5.97 Å². The Kier molecular flexibility index (Phi) is 4.35. The maximum Gasteiger partial charge on any atom is 0.347 e. The van der Waals surface area contributed by atoms with Gasteiger partial charge in [0.05, 0.1) is 0 Å². The van der Waals surface area contributed by atoms with Crippen molar-refractivity contribution in [3.05, 3.63) is 29.8 Å². The number of hydrogen-bond acceptors (Lipinski definition) is 2. The maximum absolute atomic E-state index is 10.9. The molecule has 0 fully saturated rings. The van der Waals surface area contributed by atoms with Crippen molar-refractivity contribution in [3.8, 4) is 5.75 Å². The quantitative estimate of drug-likeness (QED) is 0.847. The number of carboxylic acid groups (broad SMARTS) is 1. The summed E-state index contributed by atoms with van der Waals surface area (Å²) in [6, 6.07) is 7.47. The molecule has 0 saturated heterocycles. The number of ether oxygens (including phenoxy) is 1. The fourth-order valence-corrected chi connectivity index (χ4v) is 1.63. The first-order valence-electron chi connectivity index (χ1n) is 5.03. The van der Waals surface area contributed by atoms with Crippen LogP contribution in [0.1, 0.15) is 19.4 Å². The summed E-state index contributed by atoms with van der Waals surface area (Å²) in [7, 11) is 0. The van der Waals surface area contributed by atoms with Crippen LogP contribution >= 0.6 is 15.9 Å². The van der Waals surface area contributed by atoms with Gasteiger partial charge in [-0.3, -0.25) is 0 Å².